The summed E-state index contributed by atoms with van der Waals surface area (Å²) in [5, 5.41) is 4.16. The van der Waals surface area contributed by atoms with E-state index in [-0.39, 0.29) is 11.9 Å². The molecule has 1 heterocycles. The van der Waals surface area contributed by atoms with Crippen LogP contribution in [0.3, 0.4) is 0 Å². The first-order valence-corrected chi connectivity index (χ1v) is 6.62. The Morgan fingerprint density at radius 3 is 2.83 bits per heavy atom. The van der Waals surface area contributed by atoms with Crippen LogP contribution in [0.1, 0.15) is 25.7 Å². The first-order valence-electron chi connectivity index (χ1n) is 5.63. The fourth-order valence-electron chi connectivity index (χ4n) is 1.62. The van der Waals surface area contributed by atoms with E-state index < -0.39 is 0 Å². The molecule has 0 radical (unpaired) electrons. The molecule has 2 rings (SSSR count). The maximum Gasteiger partial charge on any atom is 0.138 e. The van der Waals surface area contributed by atoms with Gasteiger partial charge in [0, 0.05) is 16.6 Å². The number of nitrogens with two attached hydrogens (primary N) is 1. The van der Waals surface area contributed by atoms with E-state index in [0.717, 1.165) is 10.7 Å². The minimum absolute atomic E-state index is 0.265. The smallest absolute Gasteiger partial charge is 0.138 e. The Kier molecular flexibility index (Phi) is 3.86. The molecule has 1 aromatic carbocycles. The number of halogens is 1. The number of thioether (sulfide) groups is 1. The van der Waals surface area contributed by atoms with Crippen LogP contribution in [0.15, 0.2) is 29.4 Å². The highest BCUT2D eigenvalue weighted by Crippen LogP contribution is 2.25. The van der Waals surface area contributed by atoms with Gasteiger partial charge in [0.05, 0.1) is 5.75 Å². The van der Waals surface area contributed by atoms with Gasteiger partial charge in [-0.1, -0.05) is 0 Å². The van der Waals surface area contributed by atoms with E-state index >= 15 is 0 Å². The number of hydrogen-bond donors (Lipinski definition) is 1. The quantitative estimate of drug-likeness (QED) is 0.683. The van der Waals surface area contributed by atoms with Crippen LogP contribution in [0.25, 0.3) is 0 Å². The molecule has 2 N–H and O–H groups in total. The normalized spacial score (nSPS) is 11.1. The molecule has 0 spiro atoms. The van der Waals surface area contributed by atoms with E-state index in [1.54, 1.807) is 6.07 Å². The maximum absolute atomic E-state index is 13.2. The molecule has 0 aliphatic rings. The summed E-state index contributed by atoms with van der Waals surface area (Å²) in [6.07, 6.45) is 1.54. The van der Waals surface area contributed by atoms with Crippen molar-refractivity contribution < 1.29 is 4.39 Å². The summed E-state index contributed by atoms with van der Waals surface area (Å²) in [4.78, 5) is 5.00. The fraction of sp³-hybridized carbons (Fsp3) is 0.333. The Labute approximate surface area is 109 Å². The molecule has 0 saturated heterocycles. The Bertz CT molecular complexity index is 518. The van der Waals surface area contributed by atoms with Crippen molar-refractivity contribution in [3.8, 4) is 0 Å². The number of hydrogen-bond acceptors (Lipinski definition) is 4. The van der Waals surface area contributed by atoms with Crippen molar-refractivity contribution in [2.75, 3.05) is 5.73 Å². The summed E-state index contributed by atoms with van der Waals surface area (Å²) in [6.45, 7) is 4.09. The van der Waals surface area contributed by atoms with E-state index in [4.69, 9.17) is 5.73 Å². The first-order chi connectivity index (χ1) is 8.56. The molecule has 96 valence electrons. The van der Waals surface area contributed by atoms with Gasteiger partial charge in [-0.05, 0) is 32.0 Å². The lowest BCUT2D eigenvalue weighted by Gasteiger charge is -2.09. The standard InChI is InChI=1S/C12H15FN4S/c1-8(2)17-12(15-7-16-17)6-18-11-4-9(13)3-10(14)5-11/h3-5,7-8H,6,14H2,1-2H3. The highest BCUT2D eigenvalue weighted by atomic mass is 32.2. The minimum atomic E-state index is -0.317. The van der Waals surface area contributed by atoms with Crippen LogP contribution in [-0.4, -0.2) is 14.8 Å². The van der Waals surface area contributed by atoms with Crippen molar-refractivity contribution in [1.29, 1.82) is 0 Å². The van der Waals surface area contributed by atoms with Crippen LogP contribution in [0, 0.1) is 5.82 Å². The van der Waals surface area contributed by atoms with Gasteiger partial charge >= 0.3 is 0 Å². The van der Waals surface area contributed by atoms with Gasteiger partial charge in [0.2, 0.25) is 0 Å². The van der Waals surface area contributed by atoms with Crippen molar-refractivity contribution in [2.24, 2.45) is 0 Å². The molecular weight excluding hydrogens is 251 g/mol. The van der Waals surface area contributed by atoms with Gasteiger partial charge in [0.15, 0.2) is 0 Å². The Hall–Kier alpha value is -1.56. The van der Waals surface area contributed by atoms with Gasteiger partial charge < -0.3 is 5.73 Å². The zero-order valence-electron chi connectivity index (χ0n) is 10.3. The lowest BCUT2D eigenvalue weighted by Crippen LogP contribution is -2.07. The summed E-state index contributed by atoms with van der Waals surface area (Å²) >= 11 is 1.49. The molecule has 0 atom stereocenters. The molecule has 0 aliphatic heterocycles. The third kappa shape index (κ3) is 3.01. The number of nitrogens with zero attached hydrogens (tertiary/aromatic N) is 3. The van der Waals surface area contributed by atoms with Crippen LogP contribution in [-0.2, 0) is 5.75 Å². The molecule has 6 heteroatoms. The first kappa shape index (κ1) is 12.9. The predicted molar refractivity (Wildman–Crippen MR) is 70.8 cm³/mol. The van der Waals surface area contributed by atoms with E-state index in [1.807, 2.05) is 18.5 Å². The van der Waals surface area contributed by atoms with Crippen LogP contribution >= 0.6 is 11.8 Å². The van der Waals surface area contributed by atoms with Gasteiger partial charge in [0.1, 0.15) is 18.0 Å². The van der Waals surface area contributed by atoms with Gasteiger partial charge in [-0.15, -0.1) is 11.8 Å². The van der Waals surface area contributed by atoms with Crippen LogP contribution in [0.2, 0.25) is 0 Å². The van der Waals surface area contributed by atoms with E-state index in [1.165, 1.54) is 30.2 Å². The zero-order valence-corrected chi connectivity index (χ0v) is 11.1. The van der Waals surface area contributed by atoms with Gasteiger partial charge in [-0.2, -0.15) is 5.10 Å². The highest BCUT2D eigenvalue weighted by molar-refractivity contribution is 7.98. The number of aromatic nitrogens is 3. The third-order valence-corrected chi connectivity index (χ3v) is 3.37. The summed E-state index contributed by atoms with van der Waals surface area (Å²) in [7, 11) is 0. The summed E-state index contributed by atoms with van der Waals surface area (Å²) in [6, 6.07) is 4.79. The summed E-state index contributed by atoms with van der Waals surface area (Å²) < 4.78 is 15.0. The molecule has 4 nitrogen and oxygen atoms in total. The second kappa shape index (κ2) is 5.39. The van der Waals surface area contributed by atoms with Crippen molar-refractivity contribution >= 4 is 17.4 Å². The summed E-state index contributed by atoms with van der Waals surface area (Å²) in [5.74, 6) is 1.20. The molecule has 0 fully saturated rings. The summed E-state index contributed by atoms with van der Waals surface area (Å²) in [5.41, 5.74) is 6.03. The van der Waals surface area contributed by atoms with Crippen LogP contribution < -0.4 is 5.73 Å². The van der Waals surface area contributed by atoms with Crippen molar-refractivity contribution in [3.63, 3.8) is 0 Å². The number of benzene rings is 1. The van der Waals surface area contributed by atoms with E-state index in [2.05, 4.69) is 10.1 Å². The van der Waals surface area contributed by atoms with Crippen molar-refractivity contribution in [2.45, 2.75) is 30.5 Å². The average molecular weight is 266 g/mol. The molecule has 2 aromatic rings. The number of rotatable bonds is 4. The number of anilines is 1. The van der Waals surface area contributed by atoms with Crippen molar-refractivity contribution in [1.82, 2.24) is 14.8 Å². The van der Waals surface area contributed by atoms with Gasteiger partial charge in [-0.3, -0.25) is 0 Å². The van der Waals surface area contributed by atoms with Crippen LogP contribution in [0.5, 0.6) is 0 Å². The molecular formula is C12H15FN4S. The molecule has 0 saturated carbocycles. The molecule has 0 unspecified atom stereocenters. The average Bonchev–Trinajstić information content (AvgIpc) is 2.73. The van der Waals surface area contributed by atoms with Gasteiger partial charge in [0.25, 0.3) is 0 Å². The van der Waals surface area contributed by atoms with Crippen molar-refractivity contribution in [3.05, 3.63) is 36.2 Å². The second-order valence-electron chi connectivity index (χ2n) is 4.22. The molecule has 18 heavy (non-hydrogen) atoms. The van der Waals surface area contributed by atoms with Gasteiger partial charge in [-0.25, -0.2) is 14.1 Å². The largest absolute Gasteiger partial charge is 0.399 e. The fourth-order valence-corrected chi connectivity index (χ4v) is 2.54. The minimum Gasteiger partial charge on any atom is -0.399 e. The van der Waals surface area contributed by atoms with E-state index in [0.29, 0.717) is 11.4 Å². The SMILES string of the molecule is CC(C)n1ncnc1CSc1cc(N)cc(F)c1. The highest BCUT2D eigenvalue weighted by Gasteiger charge is 2.08. The topological polar surface area (TPSA) is 56.7 Å². The van der Waals surface area contributed by atoms with Crippen LogP contribution in [0.4, 0.5) is 10.1 Å². The lowest BCUT2D eigenvalue weighted by atomic mass is 10.3. The Morgan fingerprint density at radius 2 is 2.17 bits per heavy atom. The third-order valence-electron chi connectivity index (χ3n) is 2.40. The molecule has 1 aromatic heterocycles. The maximum atomic E-state index is 13.2. The Morgan fingerprint density at radius 1 is 1.39 bits per heavy atom. The molecule has 0 amide bonds. The predicted octanol–water partition coefficient (Wildman–Crippen LogP) is 2.87. The lowest BCUT2D eigenvalue weighted by molar-refractivity contribution is 0.514. The molecule has 0 bridgehead atoms. The Balaban J connectivity index is 2.09. The zero-order chi connectivity index (χ0) is 13.1. The number of nitrogen functional groups attached to an aromatic ring is 1. The monoisotopic (exact) mass is 266 g/mol. The second-order valence-corrected chi connectivity index (χ2v) is 5.27. The van der Waals surface area contributed by atoms with E-state index in [9.17, 15) is 4.39 Å². The molecule has 0 aliphatic carbocycles.